The molecule has 2 heterocycles. The maximum Gasteiger partial charge on any atom is 0.0164 e. The molecule has 180 valence electrons. The first-order valence-corrected chi connectivity index (χ1v) is 14.3. The van der Waals surface area contributed by atoms with Gasteiger partial charge in [0.1, 0.15) is 0 Å². The van der Waals surface area contributed by atoms with E-state index in [0.29, 0.717) is 6.04 Å². The molecule has 1 heteroatoms. The fourth-order valence-corrected chi connectivity index (χ4v) is 6.23. The molecule has 1 nitrogen and oxygen atoms in total. The van der Waals surface area contributed by atoms with E-state index < -0.39 is 0 Å². The second-order valence-electron chi connectivity index (χ2n) is 10.7. The van der Waals surface area contributed by atoms with E-state index in [0.717, 1.165) is 23.8 Å². The first kappa shape index (κ1) is 26.7. The van der Waals surface area contributed by atoms with E-state index in [2.05, 4.69) is 56.9 Å². The Morgan fingerprint density at radius 1 is 0.677 bits per heavy atom. The van der Waals surface area contributed by atoms with E-state index in [-0.39, 0.29) is 0 Å². The monoisotopic (exact) mass is 429 g/mol. The van der Waals surface area contributed by atoms with Crippen molar-refractivity contribution in [3.8, 4) is 0 Å². The highest BCUT2D eigenvalue weighted by Crippen LogP contribution is 2.43. The first-order chi connectivity index (χ1) is 15.2. The van der Waals surface area contributed by atoms with Gasteiger partial charge in [0.25, 0.3) is 0 Å². The number of hydrogen-bond donors (Lipinski definition) is 0. The van der Waals surface area contributed by atoms with Crippen LogP contribution >= 0.6 is 0 Å². The molecule has 0 radical (unpaired) electrons. The molecule has 0 aliphatic carbocycles. The molecule has 2 rings (SSSR count). The van der Waals surface area contributed by atoms with Crippen LogP contribution in [-0.2, 0) is 0 Å². The second kappa shape index (κ2) is 16.1. The molecule has 0 amide bonds. The minimum atomic E-state index is 0.714. The van der Waals surface area contributed by atoms with E-state index in [1.807, 2.05) is 0 Å². The Hall–Kier alpha value is -0.560. The van der Waals surface area contributed by atoms with Crippen LogP contribution in [0.4, 0.5) is 0 Å². The molecular formula is C30H55N. The molecule has 2 aliphatic heterocycles. The van der Waals surface area contributed by atoms with Crippen LogP contribution in [-0.4, -0.2) is 23.5 Å². The van der Waals surface area contributed by atoms with E-state index >= 15 is 0 Å². The molecule has 0 saturated carbocycles. The summed E-state index contributed by atoms with van der Waals surface area (Å²) in [6.45, 7) is 11.0. The topological polar surface area (TPSA) is 3.24 Å². The Balaban J connectivity index is 1.80. The van der Waals surface area contributed by atoms with Gasteiger partial charge in [-0.25, -0.2) is 0 Å². The average molecular weight is 430 g/mol. The Morgan fingerprint density at radius 2 is 1.19 bits per heavy atom. The molecule has 2 aliphatic rings. The Labute approximate surface area is 196 Å². The van der Waals surface area contributed by atoms with E-state index in [1.165, 1.54) is 109 Å². The van der Waals surface area contributed by atoms with Gasteiger partial charge in [0.05, 0.1) is 0 Å². The van der Waals surface area contributed by atoms with Gasteiger partial charge in [0.2, 0.25) is 0 Å². The fraction of sp³-hybridized carbons (Fsp3) is 0.867. The van der Waals surface area contributed by atoms with Crippen LogP contribution in [0, 0.1) is 17.8 Å². The molecule has 5 atom stereocenters. The molecule has 2 saturated heterocycles. The zero-order chi connectivity index (χ0) is 22.3. The molecule has 0 spiro atoms. The Morgan fingerprint density at radius 3 is 1.77 bits per heavy atom. The lowest BCUT2D eigenvalue weighted by atomic mass is 9.70. The van der Waals surface area contributed by atoms with Crippen LogP contribution in [0.25, 0.3) is 0 Å². The summed E-state index contributed by atoms with van der Waals surface area (Å²) in [7, 11) is 0. The summed E-state index contributed by atoms with van der Waals surface area (Å²) in [4.78, 5) is 2.86. The zero-order valence-electron chi connectivity index (χ0n) is 21.7. The number of piperidine rings is 1. The molecule has 0 aromatic rings. The molecule has 5 unspecified atom stereocenters. The summed E-state index contributed by atoms with van der Waals surface area (Å²) in [5.41, 5.74) is 0. The number of hydrogen-bond acceptors (Lipinski definition) is 1. The summed E-state index contributed by atoms with van der Waals surface area (Å²) < 4.78 is 0. The van der Waals surface area contributed by atoms with Crippen molar-refractivity contribution >= 4 is 0 Å². The third kappa shape index (κ3) is 9.07. The van der Waals surface area contributed by atoms with E-state index in [1.54, 1.807) is 0 Å². The molecule has 0 N–H and O–H groups in total. The fourth-order valence-electron chi connectivity index (χ4n) is 6.23. The summed E-state index contributed by atoms with van der Waals surface area (Å²) in [6, 6.07) is 1.51. The van der Waals surface area contributed by atoms with Gasteiger partial charge in [-0.15, -0.1) is 0 Å². The summed E-state index contributed by atoms with van der Waals surface area (Å²) >= 11 is 0. The van der Waals surface area contributed by atoms with Gasteiger partial charge in [0.15, 0.2) is 0 Å². The first-order valence-electron chi connectivity index (χ1n) is 14.3. The Kier molecular flexibility index (Phi) is 13.9. The van der Waals surface area contributed by atoms with Crippen molar-refractivity contribution in [3.63, 3.8) is 0 Å². The molecule has 0 aromatic heterocycles. The highest BCUT2D eigenvalue weighted by Gasteiger charge is 2.45. The van der Waals surface area contributed by atoms with Crippen LogP contribution in [0.1, 0.15) is 130 Å². The van der Waals surface area contributed by atoms with Crippen LogP contribution < -0.4 is 0 Å². The molecule has 0 aromatic carbocycles. The molecular weight excluding hydrogens is 374 g/mol. The standard InChI is InChI=1S/C30H55N/c1-5-7-9-11-13-15-17-19-22-28-26(3)29(30-24-21-25-31(30)27(28)4)23-20-18-16-14-12-10-8-6-2/h19-20,22-23,26-30H,5-18,21,24-25H2,1-4H3. The minimum absolute atomic E-state index is 0.714. The van der Waals surface area contributed by atoms with E-state index in [4.69, 9.17) is 0 Å². The lowest BCUT2D eigenvalue weighted by Crippen LogP contribution is -2.53. The molecule has 31 heavy (non-hydrogen) atoms. The van der Waals surface area contributed by atoms with Gasteiger partial charge >= 0.3 is 0 Å². The third-order valence-electron chi connectivity index (χ3n) is 8.25. The smallest absolute Gasteiger partial charge is 0.0164 e. The van der Waals surface area contributed by atoms with Crippen LogP contribution in [0.2, 0.25) is 0 Å². The maximum absolute atomic E-state index is 2.86. The average Bonchev–Trinajstić information content (AvgIpc) is 3.26. The van der Waals surface area contributed by atoms with Gasteiger partial charge in [0, 0.05) is 12.1 Å². The normalized spacial score (nSPS) is 29.4. The number of rotatable bonds is 16. The van der Waals surface area contributed by atoms with Crippen molar-refractivity contribution in [3.05, 3.63) is 24.3 Å². The second-order valence-corrected chi connectivity index (χ2v) is 10.7. The number of unbranched alkanes of at least 4 members (excludes halogenated alkanes) is 12. The summed E-state index contributed by atoms with van der Waals surface area (Å²) in [5.74, 6) is 2.25. The van der Waals surface area contributed by atoms with Gasteiger partial charge in [-0.1, -0.05) is 109 Å². The van der Waals surface area contributed by atoms with Crippen LogP contribution in [0.5, 0.6) is 0 Å². The largest absolute Gasteiger partial charge is 0.297 e. The lowest BCUT2D eigenvalue weighted by Gasteiger charge is -2.48. The maximum atomic E-state index is 2.86. The summed E-state index contributed by atoms with van der Waals surface area (Å²) in [6.07, 6.45) is 32.6. The lowest BCUT2D eigenvalue weighted by molar-refractivity contribution is 0.0307. The van der Waals surface area contributed by atoms with Crippen molar-refractivity contribution in [2.45, 2.75) is 143 Å². The highest BCUT2D eigenvalue weighted by atomic mass is 15.2. The highest BCUT2D eigenvalue weighted by molar-refractivity contribution is 5.10. The van der Waals surface area contributed by atoms with Crippen LogP contribution in [0.15, 0.2) is 24.3 Å². The molecule has 2 fully saturated rings. The van der Waals surface area contributed by atoms with Crippen molar-refractivity contribution in [1.29, 1.82) is 0 Å². The SMILES string of the molecule is CCCCCCCCC=CC1C(C)C(C=CCCCCCCCC)C2CCCN2C1C. The quantitative estimate of drug-likeness (QED) is 0.174. The van der Waals surface area contributed by atoms with Crippen molar-refractivity contribution in [1.82, 2.24) is 4.90 Å². The predicted molar refractivity (Wildman–Crippen MR) is 140 cm³/mol. The van der Waals surface area contributed by atoms with Crippen molar-refractivity contribution < 1.29 is 0 Å². The van der Waals surface area contributed by atoms with Gasteiger partial charge in [-0.2, -0.15) is 0 Å². The minimum Gasteiger partial charge on any atom is -0.297 e. The van der Waals surface area contributed by atoms with Gasteiger partial charge < -0.3 is 0 Å². The zero-order valence-corrected chi connectivity index (χ0v) is 21.7. The van der Waals surface area contributed by atoms with Gasteiger partial charge in [-0.3, -0.25) is 4.90 Å². The predicted octanol–water partition coefficient (Wildman–Crippen LogP) is 9.34. The summed E-state index contributed by atoms with van der Waals surface area (Å²) in [5, 5.41) is 0. The van der Waals surface area contributed by atoms with Crippen molar-refractivity contribution in [2.24, 2.45) is 17.8 Å². The van der Waals surface area contributed by atoms with Crippen molar-refractivity contribution in [2.75, 3.05) is 6.54 Å². The van der Waals surface area contributed by atoms with Crippen LogP contribution in [0.3, 0.4) is 0 Å². The number of allylic oxidation sites excluding steroid dienone is 2. The molecule has 0 bridgehead atoms. The third-order valence-corrected chi connectivity index (χ3v) is 8.25. The number of fused-ring (bicyclic) bond motifs is 1. The number of nitrogens with zero attached hydrogens (tertiary/aromatic N) is 1. The van der Waals surface area contributed by atoms with Gasteiger partial charge in [-0.05, 0) is 69.7 Å². The van der Waals surface area contributed by atoms with E-state index in [9.17, 15) is 0 Å². The Bertz CT molecular complexity index is 493.